The molecule has 6 nitrogen and oxygen atoms in total. The Kier molecular flexibility index (Phi) is 4.22. The van der Waals surface area contributed by atoms with Crippen molar-refractivity contribution in [3.63, 3.8) is 0 Å². The molecule has 0 spiro atoms. The van der Waals surface area contributed by atoms with Crippen LogP contribution in [0, 0.1) is 6.92 Å². The zero-order valence-electron chi connectivity index (χ0n) is 11.5. The molecule has 3 N–H and O–H groups in total. The normalized spacial score (nSPS) is 18.9. The zero-order valence-corrected chi connectivity index (χ0v) is 11.5. The number of carboxylic acids is 1. The second kappa shape index (κ2) is 5.90. The van der Waals surface area contributed by atoms with Crippen LogP contribution in [-0.2, 0) is 4.79 Å². The van der Waals surface area contributed by atoms with Crippen molar-refractivity contribution in [2.24, 2.45) is 5.73 Å². The summed E-state index contributed by atoms with van der Waals surface area (Å²) >= 11 is 0. The Labute approximate surface area is 117 Å². The Balaban J connectivity index is 2.39. The maximum absolute atomic E-state index is 11.7. The van der Waals surface area contributed by atoms with E-state index < -0.39 is 11.9 Å². The van der Waals surface area contributed by atoms with Gasteiger partial charge < -0.3 is 15.7 Å². The van der Waals surface area contributed by atoms with E-state index in [0.717, 1.165) is 24.8 Å². The maximum Gasteiger partial charge on any atom is 0.305 e. The van der Waals surface area contributed by atoms with Gasteiger partial charge in [-0.15, -0.1) is 0 Å². The molecule has 1 fully saturated rings. The molecule has 1 atom stereocenters. The molecule has 1 unspecified atom stereocenters. The van der Waals surface area contributed by atoms with Gasteiger partial charge in [0.1, 0.15) is 5.82 Å². The molecule has 1 aliphatic rings. The van der Waals surface area contributed by atoms with Gasteiger partial charge in [0.05, 0.1) is 12.0 Å². The van der Waals surface area contributed by atoms with E-state index in [1.165, 1.54) is 0 Å². The molecule has 2 heterocycles. The predicted octanol–water partition coefficient (Wildman–Crippen LogP) is 1.32. The highest BCUT2D eigenvalue weighted by Gasteiger charge is 2.28. The minimum atomic E-state index is -0.838. The van der Waals surface area contributed by atoms with E-state index in [9.17, 15) is 9.59 Å². The monoisotopic (exact) mass is 277 g/mol. The lowest BCUT2D eigenvalue weighted by Crippen LogP contribution is -2.42. The van der Waals surface area contributed by atoms with Crippen molar-refractivity contribution in [1.82, 2.24) is 4.98 Å². The van der Waals surface area contributed by atoms with Gasteiger partial charge in [-0.3, -0.25) is 9.59 Å². The Morgan fingerprint density at radius 2 is 2.25 bits per heavy atom. The zero-order chi connectivity index (χ0) is 14.7. The van der Waals surface area contributed by atoms with Crippen LogP contribution in [0.5, 0.6) is 0 Å². The number of aliphatic carboxylic acids is 1. The van der Waals surface area contributed by atoms with Crippen molar-refractivity contribution in [2.45, 2.75) is 38.6 Å². The number of carbonyl (C=O) groups excluding carboxylic acids is 1. The van der Waals surface area contributed by atoms with Crippen LogP contribution in [0.3, 0.4) is 0 Å². The first-order valence-electron chi connectivity index (χ1n) is 6.74. The van der Waals surface area contributed by atoms with Crippen molar-refractivity contribution in [3.8, 4) is 0 Å². The Hall–Kier alpha value is -2.11. The molecule has 1 aliphatic heterocycles. The van der Waals surface area contributed by atoms with E-state index in [1.807, 2.05) is 4.90 Å². The van der Waals surface area contributed by atoms with E-state index >= 15 is 0 Å². The summed E-state index contributed by atoms with van der Waals surface area (Å²) in [5.41, 5.74) is 6.61. The van der Waals surface area contributed by atoms with Gasteiger partial charge in [0, 0.05) is 18.8 Å². The average Bonchev–Trinajstić information content (AvgIpc) is 2.38. The Bertz CT molecular complexity index is 530. The number of carboxylic acid groups (broad SMARTS) is 1. The van der Waals surface area contributed by atoms with E-state index in [1.54, 1.807) is 19.2 Å². The van der Waals surface area contributed by atoms with Crippen molar-refractivity contribution < 1.29 is 14.7 Å². The Morgan fingerprint density at radius 3 is 2.90 bits per heavy atom. The average molecular weight is 277 g/mol. The molecular weight excluding hydrogens is 258 g/mol. The van der Waals surface area contributed by atoms with Crippen LogP contribution in [0.2, 0.25) is 0 Å². The number of primary amides is 1. The largest absolute Gasteiger partial charge is 0.481 e. The van der Waals surface area contributed by atoms with Gasteiger partial charge in [0.2, 0.25) is 0 Å². The van der Waals surface area contributed by atoms with Crippen LogP contribution >= 0.6 is 0 Å². The topological polar surface area (TPSA) is 96.5 Å². The number of amides is 1. The quantitative estimate of drug-likeness (QED) is 0.865. The number of aromatic nitrogens is 1. The molecule has 0 radical (unpaired) electrons. The van der Waals surface area contributed by atoms with E-state index in [-0.39, 0.29) is 12.5 Å². The molecule has 0 saturated carbocycles. The summed E-state index contributed by atoms with van der Waals surface area (Å²) in [4.78, 5) is 28.8. The summed E-state index contributed by atoms with van der Waals surface area (Å²) in [5.74, 6) is -0.844. The van der Waals surface area contributed by atoms with E-state index in [4.69, 9.17) is 10.8 Å². The maximum atomic E-state index is 11.7. The lowest BCUT2D eigenvalue weighted by Gasteiger charge is -2.36. The molecule has 1 saturated heterocycles. The van der Waals surface area contributed by atoms with Crippen molar-refractivity contribution in [2.75, 3.05) is 11.4 Å². The lowest BCUT2D eigenvalue weighted by atomic mass is 9.98. The first-order valence-corrected chi connectivity index (χ1v) is 6.74. The Morgan fingerprint density at radius 1 is 1.50 bits per heavy atom. The van der Waals surface area contributed by atoms with Gasteiger partial charge in [-0.25, -0.2) is 4.98 Å². The third-order valence-corrected chi connectivity index (χ3v) is 3.70. The first-order chi connectivity index (χ1) is 9.50. The summed E-state index contributed by atoms with van der Waals surface area (Å²) in [6.07, 6.45) is 4.42. The summed E-state index contributed by atoms with van der Waals surface area (Å²) in [7, 11) is 0. The number of hydrogen-bond acceptors (Lipinski definition) is 4. The molecule has 20 heavy (non-hydrogen) atoms. The number of rotatable bonds is 4. The molecule has 0 bridgehead atoms. The number of nitrogens with two attached hydrogens (primary N) is 1. The van der Waals surface area contributed by atoms with Gasteiger partial charge in [0.25, 0.3) is 5.91 Å². The molecule has 0 aliphatic carbocycles. The fraction of sp³-hybridized carbons (Fsp3) is 0.500. The molecule has 1 amide bonds. The number of carbonyl (C=O) groups is 2. The highest BCUT2D eigenvalue weighted by molar-refractivity contribution is 5.99. The summed E-state index contributed by atoms with van der Waals surface area (Å²) in [6, 6.07) is 1.60. The standard InChI is InChI=1S/C14H19N3O3/c1-9-5-6-16-14(12(9)13(15)20)17-7-3-2-4-10(17)8-11(18)19/h5-6,10H,2-4,7-8H2,1H3,(H2,15,20)(H,18,19). The van der Waals surface area contributed by atoms with Gasteiger partial charge in [-0.2, -0.15) is 0 Å². The molecule has 1 aromatic rings. The lowest BCUT2D eigenvalue weighted by molar-refractivity contribution is -0.137. The molecule has 0 aromatic carbocycles. The molecule has 108 valence electrons. The molecule has 1 aromatic heterocycles. The molecule has 6 heteroatoms. The van der Waals surface area contributed by atoms with Crippen LogP contribution in [0.4, 0.5) is 5.82 Å². The highest BCUT2D eigenvalue weighted by atomic mass is 16.4. The summed E-state index contributed by atoms with van der Waals surface area (Å²) in [6.45, 7) is 2.51. The number of hydrogen-bond donors (Lipinski definition) is 2. The minimum absolute atomic E-state index is 0.0494. The van der Waals surface area contributed by atoms with E-state index in [2.05, 4.69) is 4.98 Å². The number of aryl methyl sites for hydroxylation is 1. The van der Waals surface area contributed by atoms with Crippen LogP contribution in [0.1, 0.15) is 41.6 Å². The first kappa shape index (κ1) is 14.3. The van der Waals surface area contributed by atoms with Crippen molar-refractivity contribution in [3.05, 3.63) is 23.4 Å². The SMILES string of the molecule is Cc1ccnc(N2CCCCC2CC(=O)O)c1C(N)=O. The van der Waals surface area contributed by atoms with Crippen LogP contribution in [0.15, 0.2) is 12.3 Å². The van der Waals surface area contributed by atoms with Gasteiger partial charge in [-0.05, 0) is 37.8 Å². The number of pyridine rings is 1. The van der Waals surface area contributed by atoms with Crippen LogP contribution in [-0.4, -0.2) is 34.6 Å². The second-order valence-corrected chi connectivity index (χ2v) is 5.13. The van der Waals surface area contributed by atoms with Gasteiger partial charge in [0.15, 0.2) is 0 Å². The summed E-state index contributed by atoms with van der Waals surface area (Å²) < 4.78 is 0. The smallest absolute Gasteiger partial charge is 0.305 e. The fourth-order valence-electron chi connectivity index (χ4n) is 2.76. The fourth-order valence-corrected chi connectivity index (χ4v) is 2.76. The number of nitrogens with zero attached hydrogens (tertiary/aromatic N) is 2. The molecule has 2 rings (SSSR count). The third kappa shape index (κ3) is 2.89. The minimum Gasteiger partial charge on any atom is -0.481 e. The number of piperidine rings is 1. The van der Waals surface area contributed by atoms with Crippen molar-refractivity contribution in [1.29, 1.82) is 0 Å². The number of anilines is 1. The van der Waals surface area contributed by atoms with Crippen molar-refractivity contribution >= 4 is 17.7 Å². The van der Waals surface area contributed by atoms with Gasteiger partial charge in [-0.1, -0.05) is 0 Å². The van der Waals surface area contributed by atoms with Gasteiger partial charge >= 0.3 is 5.97 Å². The summed E-state index contributed by atoms with van der Waals surface area (Å²) in [5, 5.41) is 9.02. The van der Waals surface area contributed by atoms with Crippen LogP contribution < -0.4 is 10.6 Å². The highest BCUT2D eigenvalue weighted by Crippen LogP contribution is 2.28. The second-order valence-electron chi connectivity index (χ2n) is 5.13. The predicted molar refractivity (Wildman–Crippen MR) is 74.7 cm³/mol. The van der Waals surface area contributed by atoms with E-state index in [0.29, 0.717) is 17.9 Å². The van der Waals surface area contributed by atoms with Crippen LogP contribution in [0.25, 0.3) is 0 Å². The third-order valence-electron chi connectivity index (χ3n) is 3.70. The molecular formula is C14H19N3O3.